The first-order valence-corrected chi connectivity index (χ1v) is 10.9. The van der Waals surface area contributed by atoms with E-state index in [-0.39, 0.29) is 11.4 Å². The second-order valence-electron chi connectivity index (χ2n) is 6.84. The summed E-state index contributed by atoms with van der Waals surface area (Å²) in [6, 6.07) is 12.4. The fraction of sp³-hybridized carbons (Fsp3) is 0.400. The number of hydrogen-bond donors (Lipinski definition) is 1. The molecule has 0 aliphatic carbocycles. The lowest BCUT2D eigenvalue weighted by Gasteiger charge is -2.25. The van der Waals surface area contributed by atoms with E-state index in [9.17, 15) is 21.6 Å². The number of nitrogens with one attached hydrogen (secondary N) is 1. The molecule has 158 valence electrons. The predicted octanol–water partition coefficient (Wildman–Crippen LogP) is 4.10. The number of hydrogen-bond acceptors (Lipinski definition) is 4. The Bertz CT molecular complexity index is 915. The van der Waals surface area contributed by atoms with Gasteiger partial charge in [0.25, 0.3) is 0 Å². The highest BCUT2D eigenvalue weighted by atomic mass is 32.2. The number of halogens is 3. The number of rotatable bonds is 7. The fourth-order valence-corrected chi connectivity index (χ4v) is 4.46. The standard InChI is InChI=1S/C20H23F3N2O3S/c21-20(22,23)28-17-9-11-18(12-10-17)29(26,27)24-13-5-15-25-14-4-3-7-16-6-1-2-8-19(16)25/h1-2,6,8-12,24H,3-5,7,13-15H2. The lowest BCUT2D eigenvalue weighted by atomic mass is 10.1. The highest BCUT2D eigenvalue weighted by Gasteiger charge is 2.31. The number of nitrogens with zero attached hydrogens (tertiary/aromatic N) is 1. The van der Waals surface area contributed by atoms with Crippen LogP contribution >= 0.6 is 0 Å². The van der Waals surface area contributed by atoms with Crippen LogP contribution in [0.2, 0.25) is 0 Å². The molecule has 0 aromatic heterocycles. The molecule has 0 saturated carbocycles. The number of benzene rings is 2. The van der Waals surface area contributed by atoms with E-state index in [1.165, 1.54) is 11.3 Å². The Morgan fingerprint density at radius 2 is 1.76 bits per heavy atom. The minimum Gasteiger partial charge on any atom is -0.406 e. The van der Waals surface area contributed by atoms with Gasteiger partial charge in [0.2, 0.25) is 10.0 Å². The summed E-state index contributed by atoms with van der Waals surface area (Å²) in [7, 11) is -3.80. The minimum absolute atomic E-state index is 0.104. The SMILES string of the molecule is O=S(=O)(NCCCN1CCCCc2ccccc21)c1ccc(OC(F)(F)F)cc1. The maximum absolute atomic E-state index is 12.3. The lowest BCUT2D eigenvalue weighted by molar-refractivity contribution is -0.274. The average Bonchev–Trinajstić information content (AvgIpc) is 2.87. The molecule has 2 aromatic rings. The van der Waals surface area contributed by atoms with Gasteiger partial charge in [0, 0.05) is 25.3 Å². The molecule has 9 heteroatoms. The number of anilines is 1. The summed E-state index contributed by atoms with van der Waals surface area (Å²) < 4.78 is 67.5. The van der Waals surface area contributed by atoms with E-state index in [4.69, 9.17) is 0 Å². The van der Waals surface area contributed by atoms with E-state index in [0.29, 0.717) is 6.42 Å². The number of sulfonamides is 1. The van der Waals surface area contributed by atoms with Crippen LogP contribution in [0.15, 0.2) is 53.4 Å². The van der Waals surface area contributed by atoms with Crippen molar-refractivity contribution in [3.05, 3.63) is 54.1 Å². The van der Waals surface area contributed by atoms with Crippen LogP contribution in [0.3, 0.4) is 0 Å². The molecular weight excluding hydrogens is 405 g/mol. The summed E-state index contributed by atoms with van der Waals surface area (Å²) in [6.07, 6.45) is -0.929. The van der Waals surface area contributed by atoms with Crippen LogP contribution in [-0.2, 0) is 16.4 Å². The predicted molar refractivity (Wildman–Crippen MR) is 105 cm³/mol. The third-order valence-electron chi connectivity index (χ3n) is 4.72. The van der Waals surface area contributed by atoms with Gasteiger partial charge in [0.15, 0.2) is 0 Å². The fourth-order valence-electron chi connectivity index (χ4n) is 3.38. The van der Waals surface area contributed by atoms with Crippen molar-refractivity contribution in [3.63, 3.8) is 0 Å². The maximum Gasteiger partial charge on any atom is 0.573 e. The van der Waals surface area contributed by atoms with E-state index in [0.717, 1.165) is 56.6 Å². The van der Waals surface area contributed by atoms with Gasteiger partial charge < -0.3 is 9.64 Å². The Morgan fingerprint density at radius 1 is 1.03 bits per heavy atom. The summed E-state index contributed by atoms with van der Waals surface area (Å²) in [6.45, 7) is 1.89. The summed E-state index contributed by atoms with van der Waals surface area (Å²) in [5.74, 6) is -0.462. The first-order chi connectivity index (χ1) is 13.7. The largest absolute Gasteiger partial charge is 0.573 e. The van der Waals surface area contributed by atoms with Crippen LogP contribution in [0.5, 0.6) is 5.75 Å². The average molecular weight is 428 g/mol. The van der Waals surface area contributed by atoms with E-state index in [1.807, 2.05) is 12.1 Å². The van der Waals surface area contributed by atoms with Gasteiger partial charge in [-0.1, -0.05) is 18.2 Å². The highest BCUT2D eigenvalue weighted by molar-refractivity contribution is 7.89. The van der Waals surface area contributed by atoms with Gasteiger partial charge in [-0.15, -0.1) is 13.2 Å². The van der Waals surface area contributed by atoms with E-state index in [1.54, 1.807) is 0 Å². The topological polar surface area (TPSA) is 58.6 Å². The van der Waals surface area contributed by atoms with Crippen molar-refractivity contribution in [1.29, 1.82) is 0 Å². The molecule has 0 amide bonds. The molecule has 1 aliphatic rings. The summed E-state index contributed by atoms with van der Waals surface area (Å²) in [5, 5.41) is 0. The quantitative estimate of drug-likeness (QED) is 0.675. The van der Waals surface area contributed by atoms with Crippen molar-refractivity contribution in [2.45, 2.75) is 36.9 Å². The number of aryl methyl sites for hydroxylation is 1. The molecule has 2 aromatic carbocycles. The van der Waals surface area contributed by atoms with Gasteiger partial charge in [0.05, 0.1) is 4.90 Å². The number of fused-ring (bicyclic) bond motifs is 1. The van der Waals surface area contributed by atoms with Gasteiger partial charge in [-0.2, -0.15) is 0 Å². The number of para-hydroxylation sites is 1. The summed E-state index contributed by atoms with van der Waals surface area (Å²) in [5.41, 5.74) is 2.51. The zero-order valence-corrected chi connectivity index (χ0v) is 16.6. The minimum atomic E-state index is -4.81. The van der Waals surface area contributed by atoms with Crippen molar-refractivity contribution in [2.24, 2.45) is 0 Å². The normalized spacial score (nSPS) is 14.9. The number of ether oxygens (including phenoxy) is 1. The Balaban J connectivity index is 1.53. The summed E-state index contributed by atoms with van der Waals surface area (Å²) in [4.78, 5) is 2.17. The van der Waals surface area contributed by atoms with Gasteiger partial charge in [-0.3, -0.25) is 0 Å². The molecule has 1 N–H and O–H groups in total. The van der Waals surface area contributed by atoms with Gasteiger partial charge >= 0.3 is 6.36 Å². The molecule has 1 heterocycles. The molecule has 0 fully saturated rings. The van der Waals surface area contributed by atoms with Crippen LogP contribution in [0.1, 0.15) is 24.8 Å². The van der Waals surface area contributed by atoms with Gasteiger partial charge in [-0.25, -0.2) is 13.1 Å². The Morgan fingerprint density at radius 3 is 2.48 bits per heavy atom. The lowest BCUT2D eigenvalue weighted by Crippen LogP contribution is -2.30. The monoisotopic (exact) mass is 428 g/mol. The molecule has 0 atom stereocenters. The molecule has 3 rings (SSSR count). The Hall–Kier alpha value is -2.26. The van der Waals surface area contributed by atoms with Crippen LogP contribution in [0.4, 0.5) is 18.9 Å². The first-order valence-electron chi connectivity index (χ1n) is 9.43. The molecule has 0 radical (unpaired) electrons. The highest BCUT2D eigenvalue weighted by Crippen LogP contribution is 2.26. The zero-order valence-electron chi connectivity index (χ0n) is 15.8. The maximum atomic E-state index is 12.3. The van der Waals surface area contributed by atoms with Gasteiger partial charge in [-0.05, 0) is 61.6 Å². The smallest absolute Gasteiger partial charge is 0.406 e. The molecule has 5 nitrogen and oxygen atoms in total. The van der Waals surface area contributed by atoms with E-state index in [2.05, 4.69) is 26.5 Å². The van der Waals surface area contributed by atoms with Crippen LogP contribution in [0.25, 0.3) is 0 Å². The molecule has 29 heavy (non-hydrogen) atoms. The zero-order chi connectivity index (χ0) is 20.9. The molecular formula is C20H23F3N2O3S. The first kappa shape index (κ1) is 21.4. The van der Waals surface area contributed by atoms with Gasteiger partial charge in [0.1, 0.15) is 5.75 Å². The third-order valence-corrected chi connectivity index (χ3v) is 6.20. The Labute approximate surface area is 168 Å². The van der Waals surface area contributed by atoms with Crippen LogP contribution < -0.4 is 14.4 Å². The second kappa shape index (κ2) is 9.04. The molecule has 0 spiro atoms. The molecule has 0 saturated heterocycles. The van der Waals surface area contributed by atoms with Crippen molar-refractivity contribution in [3.8, 4) is 5.75 Å². The number of alkyl halides is 3. The van der Waals surface area contributed by atoms with Crippen molar-refractivity contribution < 1.29 is 26.3 Å². The molecule has 0 unspecified atom stereocenters. The third kappa shape index (κ3) is 6.11. The van der Waals surface area contributed by atoms with Crippen molar-refractivity contribution in [2.75, 3.05) is 24.5 Å². The molecule has 1 aliphatic heterocycles. The van der Waals surface area contributed by atoms with E-state index >= 15 is 0 Å². The van der Waals surface area contributed by atoms with Crippen LogP contribution in [0, 0.1) is 0 Å². The van der Waals surface area contributed by atoms with Crippen LogP contribution in [-0.4, -0.2) is 34.4 Å². The summed E-state index contributed by atoms with van der Waals surface area (Å²) >= 11 is 0. The second-order valence-corrected chi connectivity index (χ2v) is 8.61. The van der Waals surface area contributed by atoms with Crippen molar-refractivity contribution >= 4 is 15.7 Å². The van der Waals surface area contributed by atoms with E-state index < -0.39 is 22.1 Å². The Kier molecular flexibility index (Phi) is 6.69. The molecule has 0 bridgehead atoms. The van der Waals surface area contributed by atoms with Crippen molar-refractivity contribution in [1.82, 2.24) is 4.72 Å².